The zero-order chi connectivity index (χ0) is 28.4. The third-order valence-corrected chi connectivity index (χ3v) is 5.55. The molecular weight excluding hydrogens is 685 g/mol. The van der Waals surface area contributed by atoms with Crippen LogP contribution in [0.5, 0.6) is 0 Å². The van der Waals surface area contributed by atoms with Gasteiger partial charge in [0.05, 0.1) is 5.76 Å². The fourth-order valence-corrected chi connectivity index (χ4v) is 3.54. The van der Waals surface area contributed by atoms with Gasteiger partial charge in [-0.2, -0.15) is 0 Å². The molecular formula is C36H32IrN2O2-2. The van der Waals surface area contributed by atoms with Gasteiger partial charge in [0, 0.05) is 45.0 Å². The second-order valence-electron chi connectivity index (χ2n) is 8.68. The van der Waals surface area contributed by atoms with Crippen LogP contribution in [-0.4, -0.2) is 20.9 Å². The molecule has 3 aromatic carbocycles. The van der Waals surface area contributed by atoms with Crippen LogP contribution in [0.3, 0.4) is 0 Å². The van der Waals surface area contributed by atoms with Crippen molar-refractivity contribution in [1.82, 2.24) is 9.97 Å². The van der Waals surface area contributed by atoms with Gasteiger partial charge in [-0.3, -0.25) is 4.79 Å². The molecule has 4 nitrogen and oxygen atoms in total. The summed E-state index contributed by atoms with van der Waals surface area (Å²) < 4.78 is 0. The Balaban J connectivity index is 0.000000215. The van der Waals surface area contributed by atoms with Crippen LogP contribution in [0.1, 0.15) is 24.5 Å². The van der Waals surface area contributed by atoms with E-state index >= 15 is 0 Å². The number of rotatable bonds is 7. The minimum atomic E-state index is -0.0483. The number of pyridine rings is 2. The first kappa shape index (κ1) is 32.8. The summed E-state index contributed by atoms with van der Waals surface area (Å²) in [5, 5.41) is 8.92. The van der Waals surface area contributed by atoms with E-state index in [0.29, 0.717) is 12.8 Å². The summed E-state index contributed by atoms with van der Waals surface area (Å²) in [6.07, 6.45) is 7.74. The Hall–Kier alpha value is -4.44. The molecule has 0 saturated heterocycles. The fourth-order valence-electron chi connectivity index (χ4n) is 3.54. The normalized spacial score (nSPS) is 10.0. The second kappa shape index (κ2) is 18.8. The third-order valence-electron chi connectivity index (χ3n) is 5.55. The number of hydrogen-bond donors (Lipinski definition) is 1. The van der Waals surface area contributed by atoms with Crippen LogP contribution in [0.15, 0.2) is 140 Å². The van der Waals surface area contributed by atoms with Gasteiger partial charge in [-0.25, -0.2) is 0 Å². The molecule has 2 aromatic heterocycles. The van der Waals surface area contributed by atoms with Gasteiger partial charge >= 0.3 is 0 Å². The molecule has 0 aliphatic rings. The number of nitrogens with zero attached hydrogens (tertiary/aromatic N) is 2. The molecule has 0 bridgehead atoms. The quantitative estimate of drug-likeness (QED) is 0.105. The van der Waals surface area contributed by atoms with Crippen molar-refractivity contribution in [2.24, 2.45) is 0 Å². The second-order valence-corrected chi connectivity index (χ2v) is 8.68. The third kappa shape index (κ3) is 12.5. The smallest absolute Gasteiger partial charge is 0.159 e. The van der Waals surface area contributed by atoms with Gasteiger partial charge in [0.2, 0.25) is 0 Å². The number of aromatic nitrogens is 2. The molecule has 5 heteroatoms. The van der Waals surface area contributed by atoms with Crippen molar-refractivity contribution in [3.05, 3.63) is 163 Å². The van der Waals surface area contributed by atoms with Gasteiger partial charge in [-0.15, -0.1) is 71.8 Å². The number of aliphatic hydroxyl groups excluding tert-OH is 1. The van der Waals surface area contributed by atoms with Gasteiger partial charge in [-0.1, -0.05) is 61.2 Å². The zero-order valence-corrected chi connectivity index (χ0v) is 25.3. The first-order valence-electron chi connectivity index (χ1n) is 12.9. The number of ketones is 1. The first-order valence-corrected chi connectivity index (χ1v) is 12.9. The van der Waals surface area contributed by atoms with Crippen LogP contribution in [0.25, 0.3) is 28.6 Å². The Morgan fingerprint density at radius 3 is 1.68 bits per heavy atom. The summed E-state index contributed by atoms with van der Waals surface area (Å²) in [6.45, 7) is 5.17. The molecule has 0 spiro atoms. The van der Waals surface area contributed by atoms with Crippen molar-refractivity contribution in [3.8, 4) is 22.5 Å². The summed E-state index contributed by atoms with van der Waals surface area (Å²) in [7, 11) is 0. The maximum absolute atomic E-state index is 11.3. The van der Waals surface area contributed by atoms with E-state index < -0.39 is 0 Å². The van der Waals surface area contributed by atoms with Crippen molar-refractivity contribution in [2.75, 3.05) is 0 Å². The van der Waals surface area contributed by atoms with Crippen LogP contribution in [0.4, 0.5) is 0 Å². The van der Waals surface area contributed by atoms with E-state index in [1.165, 1.54) is 13.0 Å². The Labute approximate surface area is 256 Å². The Kier molecular flexibility index (Phi) is 15.0. The van der Waals surface area contributed by atoms with Crippen molar-refractivity contribution < 1.29 is 30.0 Å². The van der Waals surface area contributed by atoms with Crippen LogP contribution < -0.4 is 0 Å². The van der Waals surface area contributed by atoms with Crippen molar-refractivity contribution in [1.29, 1.82) is 0 Å². The topological polar surface area (TPSA) is 63.1 Å². The van der Waals surface area contributed by atoms with E-state index in [0.717, 1.165) is 33.6 Å². The van der Waals surface area contributed by atoms with Gasteiger partial charge in [0.25, 0.3) is 0 Å². The molecule has 1 radical (unpaired) electrons. The average Bonchev–Trinajstić information content (AvgIpc) is 3.02. The monoisotopic (exact) mass is 717 g/mol. The molecule has 2 heterocycles. The van der Waals surface area contributed by atoms with Crippen molar-refractivity contribution in [2.45, 2.75) is 19.8 Å². The van der Waals surface area contributed by atoms with E-state index in [1.807, 2.05) is 109 Å². The molecule has 0 amide bonds. The van der Waals surface area contributed by atoms with Crippen molar-refractivity contribution in [3.63, 3.8) is 0 Å². The van der Waals surface area contributed by atoms with Gasteiger partial charge in [-0.05, 0) is 48.0 Å². The predicted octanol–water partition coefficient (Wildman–Crippen LogP) is 8.39. The first-order chi connectivity index (χ1) is 19.5. The van der Waals surface area contributed by atoms with E-state index in [2.05, 4.69) is 28.7 Å². The zero-order valence-electron chi connectivity index (χ0n) is 22.9. The molecule has 0 aliphatic carbocycles. The Morgan fingerprint density at radius 1 is 0.780 bits per heavy atom. The molecule has 5 aromatic rings. The van der Waals surface area contributed by atoms with Crippen LogP contribution >= 0.6 is 0 Å². The molecule has 0 atom stereocenters. The molecule has 0 fully saturated rings. The minimum Gasteiger partial charge on any atom is -0.512 e. The van der Waals surface area contributed by atoms with E-state index in [1.54, 1.807) is 18.5 Å². The number of carbonyl (C=O) groups is 1. The van der Waals surface area contributed by atoms with Crippen LogP contribution in [0.2, 0.25) is 0 Å². The number of hydrogen-bond acceptors (Lipinski definition) is 4. The number of carbonyl (C=O) groups excluding carboxylic acids is 1. The molecule has 0 unspecified atom stereocenters. The largest absolute Gasteiger partial charge is 0.512 e. The number of allylic oxidation sites excluding steroid dienone is 2. The standard InChI is InChI=1S/C14H16O2.2C11H8N.Ir/c1-3-12-4-6-13(7-5-12)8-9-14(16)10-11(2)15;2*1-2-6-10(7-3-1)11-8-4-5-9-12-11;/h3-7,10,15H,1,8-9H2,2H3;2*1-6,8-9H;/q;2*-1;/b11-10-;;;. The van der Waals surface area contributed by atoms with Gasteiger partial charge < -0.3 is 15.1 Å². The summed E-state index contributed by atoms with van der Waals surface area (Å²) >= 11 is 0. The number of aryl methyl sites for hydroxylation is 1. The van der Waals surface area contributed by atoms with Gasteiger partial charge in [0.1, 0.15) is 0 Å². The molecule has 0 saturated carbocycles. The number of benzene rings is 3. The molecule has 0 aliphatic heterocycles. The fraction of sp³-hybridized carbons (Fsp3) is 0.0833. The van der Waals surface area contributed by atoms with E-state index in [4.69, 9.17) is 5.11 Å². The summed E-state index contributed by atoms with van der Waals surface area (Å²) in [5.74, 6) is 0.0137. The summed E-state index contributed by atoms with van der Waals surface area (Å²) in [6, 6.07) is 41.6. The summed E-state index contributed by atoms with van der Waals surface area (Å²) in [4.78, 5) is 19.7. The molecule has 41 heavy (non-hydrogen) atoms. The molecule has 209 valence electrons. The number of aliphatic hydroxyl groups is 1. The SMILES string of the molecule is C=Cc1ccc(CCC(=O)/C=C(/C)O)cc1.[Ir].[c-]1ccccc1-c1ccccn1.[c-]1ccccc1-c1ccccn1. The van der Waals surface area contributed by atoms with E-state index in [9.17, 15) is 4.79 Å². The van der Waals surface area contributed by atoms with Crippen LogP contribution in [0, 0.1) is 12.1 Å². The van der Waals surface area contributed by atoms with E-state index in [-0.39, 0.29) is 31.6 Å². The molecule has 5 rings (SSSR count). The Morgan fingerprint density at radius 2 is 1.29 bits per heavy atom. The maximum atomic E-state index is 11.3. The van der Waals surface area contributed by atoms with Crippen LogP contribution in [-0.2, 0) is 31.3 Å². The molecule has 1 N–H and O–H groups in total. The maximum Gasteiger partial charge on any atom is 0.159 e. The summed E-state index contributed by atoms with van der Waals surface area (Å²) in [5.41, 5.74) is 6.21. The minimum absolute atomic E-state index is 0. The van der Waals surface area contributed by atoms with Gasteiger partial charge in [0.15, 0.2) is 5.78 Å². The predicted molar refractivity (Wildman–Crippen MR) is 163 cm³/mol. The average molecular weight is 717 g/mol. The van der Waals surface area contributed by atoms with Crippen molar-refractivity contribution >= 4 is 11.9 Å². The Bertz CT molecular complexity index is 1300.